The van der Waals surface area contributed by atoms with Crippen LogP contribution in [-0.4, -0.2) is 43.3 Å². The molecule has 0 atom stereocenters. The number of rotatable bonds is 9. The van der Waals surface area contributed by atoms with E-state index >= 15 is 0 Å². The average molecular weight is 359 g/mol. The first-order valence-electron chi connectivity index (χ1n) is 7.42. The highest BCUT2D eigenvalue weighted by molar-refractivity contribution is 9.10. The van der Waals surface area contributed by atoms with Crippen LogP contribution in [0.2, 0.25) is 0 Å². The van der Waals surface area contributed by atoms with E-state index in [1.165, 1.54) is 6.42 Å². The quantitative estimate of drug-likeness (QED) is 0.664. The summed E-state index contributed by atoms with van der Waals surface area (Å²) in [6.07, 6.45) is 2.36. The third-order valence-electron chi connectivity index (χ3n) is 3.63. The second-order valence-electron chi connectivity index (χ2n) is 5.59. The average Bonchev–Trinajstić information content (AvgIpc) is 2.45. The summed E-state index contributed by atoms with van der Waals surface area (Å²) in [5.74, 6) is 0.651. The molecule has 0 heterocycles. The van der Waals surface area contributed by atoms with Crippen LogP contribution >= 0.6 is 15.9 Å². The number of halogens is 1. The molecule has 5 heteroatoms. The van der Waals surface area contributed by atoms with Crippen molar-refractivity contribution in [3.05, 3.63) is 22.2 Å². The molecule has 1 aromatic carbocycles. The van der Waals surface area contributed by atoms with Gasteiger partial charge < -0.3 is 20.1 Å². The van der Waals surface area contributed by atoms with Crippen LogP contribution in [0.15, 0.2) is 16.6 Å². The van der Waals surface area contributed by atoms with Gasteiger partial charge in [0.1, 0.15) is 0 Å². The Kier molecular flexibility index (Phi) is 8.07. The number of methoxy groups -OCH3 is 1. The van der Waals surface area contributed by atoms with Gasteiger partial charge in [-0.2, -0.15) is 0 Å². The van der Waals surface area contributed by atoms with Crippen LogP contribution < -0.4 is 10.1 Å². The lowest BCUT2D eigenvalue weighted by atomic mass is 10.2. The molecule has 2 N–H and O–H groups in total. The van der Waals surface area contributed by atoms with Gasteiger partial charge in [0.25, 0.3) is 0 Å². The molecule has 0 radical (unpaired) electrons. The smallest absolute Gasteiger partial charge is 0.172 e. The fraction of sp³-hybridized carbons (Fsp3) is 0.625. The molecule has 1 aromatic rings. The zero-order valence-electron chi connectivity index (χ0n) is 13.4. The van der Waals surface area contributed by atoms with Crippen LogP contribution in [0.1, 0.15) is 32.3 Å². The van der Waals surface area contributed by atoms with E-state index in [0.29, 0.717) is 16.3 Å². The number of hydrogen-bond donors (Lipinski definition) is 2. The van der Waals surface area contributed by atoms with Gasteiger partial charge in [-0.25, -0.2) is 0 Å². The normalized spacial score (nSPS) is 11.4. The molecule has 0 saturated heterocycles. The molecule has 0 aliphatic carbocycles. The Hall–Kier alpha value is -0.780. The van der Waals surface area contributed by atoms with Crippen LogP contribution in [0.3, 0.4) is 0 Å². The van der Waals surface area contributed by atoms with E-state index in [-0.39, 0.29) is 5.75 Å². The minimum absolute atomic E-state index is 0.151. The maximum absolute atomic E-state index is 9.76. The van der Waals surface area contributed by atoms with Crippen molar-refractivity contribution in [2.75, 3.05) is 27.2 Å². The van der Waals surface area contributed by atoms with Gasteiger partial charge in [-0.15, -0.1) is 0 Å². The van der Waals surface area contributed by atoms with E-state index in [2.05, 4.69) is 47.0 Å². The van der Waals surface area contributed by atoms with Crippen LogP contribution in [0.4, 0.5) is 0 Å². The highest BCUT2D eigenvalue weighted by Gasteiger charge is 2.08. The second-order valence-corrected chi connectivity index (χ2v) is 6.44. The maximum atomic E-state index is 9.76. The van der Waals surface area contributed by atoms with Crippen molar-refractivity contribution in [3.8, 4) is 11.5 Å². The Bertz CT molecular complexity index is 439. The van der Waals surface area contributed by atoms with Gasteiger partial charge in [0.05, 0.1) is 11.6 Å². The minimum atomic E-state index is 0.151. The molecule has 0 fully saturated rings. The van der Waals surface area contributed by atoms with Gasteiger partial charge in [-0.05, 0) is 80.5 Å². The zero-order valence-corrected chi connectivity index (χ0v) is 15.0. The van der Waals surface area contributed by atoms with E-state index in [9.17, 15) is 5.11 Å². The fourth-order valence-electron chi connectivity index (χ4n) is 1.99. The largest absolute Gasteiger partial charge is 0.503 e. The molecular formula is C16H27BrN2O2. The standard InChI is InChI=1S/C16H27BrN2O2/c1-12(2)19(3)8-6-5-7-18-11-13-9-14(17)16(20)15(10-13)21-4/h9-10,12,18,20H,5-8,11H2,1-4H3. The van der Waals surface area contributed by atoms with Crippen LogP contribution in [0.25, 0.3) is 0 Å². The number of phenols is 1. The third-order valence-corrected chi connectivity index (χ3v) is 4.24. The van der Waals surface area contributed by atoms with E-state index in [1.807, 2.05) is 12.1 Å². The predicted octanol–water partition coefficient (Wildman–Crippen LogP) is 3.37. The number of ether oxygens (including phenoxy) is 1. The van der Waals surface area contributed by atoms with Crippen molar-refractivity contribution in [3.63, 3.8) is 0 Å². The topological polar surface area (TPSA) is 44.7 Å². The number of aromatic hydroxyl groups is 1. The number of benzene rings is 1. The molecular weight excluding hydrogens is 332 g/mol. The van der Waals surface area contributed by atoms with E-state index in [0.717, 1.165) is 31.6 Å². The molecule has 0 aliphatic heterocycles. The molecule has 0 amide bonds. The highest BCUT2D eigenvalue weighted by Crippen LogP contribution is 2.35. The minimum Gasteiger partial charge on any atom is -0.503 e. The van der Waals surface area contributed by atoms with Gasteiger partial charge in [-0.3, -0.25) is 0 Å². The van der Waals surface area contributed by atoms with Crippen LogP contribution in [0.5, 0.6) is 11.5 Å². The summed E-state index contributed by atoms with van der Waals surface area (Å²) >= 11 is 3.34. The first kappa shape index (κ1) is 18.3. The molecule has 0 bridgehead atoms. The number of unbranched alkanes of at least 4 members (excludes halogenated alkanes) is 1. The molecule has 0 saturated carbocycles. The summed E-state index contributed by atoms with van der Waals surface area (Å²) in [5, 5.41) is 13.2. The van der Waals surface area contributed by atoms with Crippen LogP contribution in [-0.2, 0) is 6.54 Å². The van der Waals surface area contributed by atoms with Crippen molar-refractivity contribution in [1.29, 1.82) is 0 Å². The number of nitrogens with zero attached hydrogens (tertiary/aromatic N) is 1. The Morgan fingerprint density at radius 3 is 2.67 bits per heavy atom. The lowest BCUT2D eigenvalue weighted by molar-refractivity contribution is 0.268. The molecule has 0 aliphatic rings. The van der Waals surface area contributed by atoms with Gasteiger partial charge in [0, 0.05) is 12.6 Å². The SMILES string of the molecule is COc1cc(CNCCCCN(C)C(C)C)cc(Br)c1O. The third kappa shape index (κ3) is 6.24. The molecule has 0 unspecified atom stereocenters. The van der Waals surface area contributed by atoms with E-state index in [1.54, 1.807) is 7.11 Å². The Morgan fingerprint density at radius 2 is 2.05 bits per heavy atom. The van der Waals surface area contributed by atoms with Crippen molar-refractivity contribution in [2.24, 2.45) is 0 Å². The second kappa shape index (κ2) is 9.28. The summed E-state index contributed by atoms with van der Waals surface area (Å²) in [7, 11) is 3.72. The molecule has 0 aromatic heterocycles. The van der Waals surface area contributed by atoms with Crippen LogP contribution in [0, 0.1) is 0 Å². The fourth-order valence-corrected chi connectivity index (χ4v) is 2.48. The Balaban J connectivity index is 2.29. The molecule has 21 heavy (non-hydrogen) atoms. The van der Waals surface area contributed by atoms with Crippen molar-refractivity contribution in [2.45, 2.75) is 39.3 Å². The zero-order chi connectivity index (χ0) is 15.8. The lowest BCUT2D eigenvalue weighted by Gasteiger charge is -2.20. The Morgan fingerprint density at radius 1 is 1.33 bits per heavy atom. The highest BCUT2D eigenvalue weighted by atomic mass is 79.9. The molecule has 1 rings (SSSR count). The summed E-state index contributed by atoms with van der Waals surface area (Å²) in [6, 6.07) is 4.39. The van der Waals surface area contributed by atoms with Gasteiger partial charge >= 0.3 is 0 Å². The van der Waals surface area contributed by atoms with Gasteiger partial charge in [0.2, 0.25) is 0 Å². The monoisotopic (exact) mass is 358 g/mol. The summed E-state index contributed by atoms with van der Waals surface area (Å²) in [5.41, 5.74) is 1.09. The van der Waals surface area contributed by atoms with E-state index < -0.39 is 0 Å². The lowest BCUT2D eigenvalue weighted by Crippen LogP contribution is -2.27. The number of phenolic OH excluding ortho intramolecular Hbond substituents is 1. The van der Waals surface area contributed by atoms with Crippen molar-refractivity contribution >= 4 is 15.9 Å². The summed E-state index contributed by atoms with van der Waals surface area (Å²) < 4.78 is 5.81. The number of hydrogen-bond acceptors (Lipinski definition) is 4. The summed E-state index contributed by atoms with van der Waals surface area (Å²) in [4.78, 5) is 2.36. The maximum Gasteiger partial charge on any atom is 0.172 e. The first-order valence-corrected chi connectivity index (χ1v) is 8.21. The van der Waals surface area contributed by atoms with Gasteiger partial charge in [-0.1, -0.05) is 0 Å². The molecule has 120 valence electrons. The predicted molar refractivity (Wildman–Crippen MR) is 91.1 cm³/mol. The molecule has 4 nitrogen and oxygen atoms in total. The first-order chi connectivity index (χ1) is 9.95. The summed E-state index contributed by atoms with van der Waals surface area (Å²) in [6.45, 7) is 7.34. The van der Waals surface area contributed by atoms with E-state index in [4.69, 9.17) is 4.74 Å². The van der Waals surface area contributed by atoms with Crippen molar-refractivity contribution in [1.82, 2.24) is 10.2 Å². The Labute approximate surface area is 136 Å². The van der Waals surface area contributed by atoms with Crippen molar-refractivity contribution < 1.29 is 9.84 Å². The van der Waals surface area contributed by atoms with Gasteiger partial charge in [0.15, 0.2) is 11.5 Å². The number of nitrogens with one attached hydrogen (secondary N) is 1. The molecule has 0 spiro atoms.